The molecular weight excluding hydrogens is 254 g/mol. The molecule has 0 aliphatic carbocycles. The van der Waals surface area contributed by atoms with Gasteiger partial charge in [0.05, 0.1) is 20.0 Å². The Balaban J connectivity index is 4.33. The van der Waals surface area contributed by atoms with Crippen LogP contribution in [0.25, 0.3) is 0 Å². The Morgan fingerprint density at radius 3 is 1.05 bits per heavy atom. The molecule has 21 heavy (non-hydrogen) atoms. The van der Waals surface area contributed by atoms with Crippen LogP contribution >= 0.6 is 0 Å². The molecule has 0 spiro atoms. The zero-order chi connectivity index (χ0) is 15.6. The Bertz CT molecular complexity index is 907. The lowest BCUT2D eigenvalue weighted by atomic mass is 10.5. The molecule has 0 aromatic heterocycles. The Morgan fingerprint density at radius 1 is 0.476 bits per heavy atom. The summed E-state index contributed by atoms with van der Waals surface area (Å²) in [6.07, 6.45) is 4.90. The first-order chi connectivity index (χ1) is 10.3. The first-order valence-corrected chi connectivity index (χ1v) is 5.54. The van der Waals surface area contributed by atoms with Crippen LogP contribution in [0.2, 0.25) is 0 Å². The maximum absolute atomic E-state index is 4.90. The quantitative estimate of drug-likeness (QED) is 0.520. The van der Waals surface area contributed by atoms with Gasteiger partial charge in [0.25, 0.3) is 0 Å². The number of rotatable bonds is 0. The standard InChI is InChI=1S/C20H7N/c1-4-5-6-7-8-9-10-11-12-13-14-15-16-17-18-19-20-21(2)3/h1H,2-3H3/p+1. The van der Waals surface area contributed by atoms with Gasteiger partial charge in [0.1, 0.15) is 6.04 Å². The molecule has 0 aliphatic heterocycles. The van der Waals surface area contributed by atoms with Gasteiger partial charge in [-0.2, -0.15) is 0 Å². The summed E-state index contributed by atoms with van der Waals surface area (Å²) in [5, 5.41) is 0. The number of nitrogens with one attached hydrogen (secondary N) is 1. The van der Waals surface area contributed by atoms with Crippen LogP contribution in [0.15, 0.2) is 0 Å². The van der Waals surface area contributed by atoms with E-state index >= 15 is 0 Å². The summed E-state index contributed by atoms with van der Waals surface area (Å²) in [4.78, 5) is 1.00. The molecule has 92 valence electrons. The molecule has 0 saturated carbocycles. The average molecular weight is 262 g/mol. The lowest BCUT2D eigenvalue weighted by molar-refractivity contribution is -0.783. The predicted molar refractivity (Wildman–Crippen MR) is 83.9 cm³/mol. The molecular formula is C20H8N+. The van der Waals surface area contributed by atoms with Crippen LogP contribution in [0.5, 0.6) is 0 Å². The van der Waals surface area contributed by atoms with E-state index in [0.717, 1.165) is 4.90 Å². The Hall–Kier alpha value is -4.00. The maximum Gasteiger partial charge on any atom is 0.149 e. The molecule has 0 bridgehead atoms. The third-order valence-electron chi connectivity index (χ3n) is 1.26. The lowest BCUT2D eigenvalue weighted by Gasteiger charge is -1.86. The van der Waals surface area contributed by atoms with Gasteiger partial charge in [-0.3, -0.25) is 4.90 Å². The Kier molecular flexibility index (Phi) is 11.4. The zero-order valence-corrected chi connectivity index (χ0v) is 11.6. The van der Waals surface area contributed by atoms with Gasteiger partial charge in [0.2, 0.25) is 0 Å². The third-order valence-corrected chi connectivity index (χ3v) is 1.26. The summed E-state index contributed by atoms with van der Waals surface area (Å²) in [7, 11) is 3.81. The Labute approximate surface area is 126 Å². The first kappa shape index (κ1) is 17.0. The highest BCUT2D eigenvalue weighted by atomic mass is 15.0. The molecule has 0 heterocycles. The molecule has 0 rings (SSSR count). The minimum atomic E-state index is 1.00. The van der Waals surface area contributed by atoms with E-state index in [1.165, 1.54) is 0 Å². The molecule has 1 nitrogen and oxygen atoms in total. The summed E-state index contributed by atoms with van der Waals surface area (Å²) < 4.78 is 0. The van der Waals surface area contributed by atoms with Crippen LogP contribution < -0.4 is 4.90 Å². The van der Waals surface area contributed by atoms with Crippen LogP contribution in [-0.4, -0.2) is 14.1 Å². The van der Waals surface area contributed by atoms with Gasteiger partial charge in [-0.05, 0) is 47.4 Å². The second kappa shape index (κ2) is 14.1. The topological polar surface area (TPSA) is 4.44 Å². The summed E-state index contributed by atoms with van der Waals surface area (Å²) in [6.45, 7) is 0. The van der Waals surface area contributed by atoms with Crippen LogP contribution in [0.1, 0.15) is 0 Å². The van der Waals surface area contributed by atoms with Crippen molar-refractivity contribution < 1.29 is 4.90 Å². The molecule has 0 atom stereocenters. The fraction of sp³-hybridized carbons (Fsp3) is 0.100. The van der Waals surface area contributed by atoms with Crippen molar-refractivity contribution in [1.82, 2.24) is 0 Å². The molecule has 1 heteroatoms. The van der Waals surface area contributed by atoms with E-state index in [-0.39, 0.29) is 0 Å². The SMILES string of the molecule is C#CC#CC#CC#CC#CC#CC#CC#CC#C[NH+](C)C. The van der Waals surface area contributed by atoms with Crippen LogP contribution in [0.4, 0.5) is 0 Å². The van der Waals surface area contributed by atoms with Gasteiger partial charge in [-0.25, -0.2) is 0 Å². The van der Waals surface area contributed by atoms with Gasteiger partial charge in [-0.1, -0.05) is 0 Å². The molecule has 0 aliphatic rings. The van der Waals surface area contributed by atoms with Crippen LogP contribution in [0.3, 0.4) is 0 Å². The number of quaternary nitrogens is 1. The largest absolute Gasteiger partial charge is 0.262 e. The van der Waals surface area contributed by atoms with Crippen molar-refractivity contribution in [3.8, 4) is 107 Å². The summed E-state index contributed by atoms with van der Waals surface area (Å²) in [6, 6.07) is 2.81. The molecule has 0 fully saturated rings. The van der Waals surface area contributed by atoms with E-state index < -0.39 is 0 Å². The van der Waals surface area contributed by atoms with Crippen LogP contribution in [0, 0.1) is 107 Å². The fourth-order valence-electron chi connectivity index (χ4n) is 0.599. The van der Waals surface area contributed by atoms with Crippen molar-refractivity contribution in [3.63, 3.8) is 0 Å². The molecule has 0 aromatic carbocycles. The first-order valence-electron chi connectivity index (χ1n) is 5.54. The minimum Gasteiger partial charge on any atom is -0.262 e. The monoisotopic (exact) mass is 262 g/mol. The number of hydrogen-bond acceptors (Lipinski definition) is 0. The van der Waals surface area contributed by atoms with Gasteiger partial charge in [0.15, 0.2) is 0 Å². The smallest absolute Gasteiger partial charge is 0.149 e. The van der Waals surface area contributed by atoms with Crippen molar-refractivity contribution in [2.75, 3.05) is 14.1 Å². The lowest BCUT2D eigenvalue weighted by Crippen LogP contribution is -3.01. The predicted octanol–water partition coefficient (Wildman–Crippen LogP) is -1.25. The second-order valence-electron chi connectivity index (χ2n) is 3.14. The van der Waals surface area contributed by atoms with Crippen LogP contribution in [-0.2, 0) is 0 Å². The van der Waals surface area contributed by atoms with E-state index in [4.69, 9.17) is 6.42 Å². The maximum atomic E-state index is 4.90. The summed E-state index contributed by atoms with van der Waals surface area (Å²) in [5.41, 5.74) is 0. The van der Waals surface area contributed by atoms with E-state index in [0.29, 0.717) is 0 Å². The van der Waals surface area contributed by atoms with Gasteiger partial charge in [0, 0.05) is 41.4 Å². The molecule has 0 aromatic rings. The van der Waals surface area contributed by atoms with Crippen molar-refractivity contribution >= 4 is 0 Å². The van der Waals surface area contributed by atoms with Gasteiger partial charge >= 0.3 is 0 Å². The van der Waals surface area contributed by atoms with Crippen molar-refractivity contribution in [2.24, 2.45) is 0 Å². The van der Waals surface area contributed by atoms with E-state index in [9.17, 15) is 0 Å². The number of hydrogen-bond donors (Lipinski definition) is 1. The molecule has 0 unspecified atom stereocenters. The summed E-state index contributed by atoms with van der Waals surface area (Å²) in [5.74, 6) is 39.6. The number of terminal acetylenes is 1. The highest BCUT2D eigenvalue weighted by molar-refractivity contribution is 5.46. The normalized spacial score (nSPS) is 4.86. The molecule has 1 N–H and O–H groups in total. The second-order valence-corrected chi connectivity index (χ2v) is 3.14. The average Bonchev–Trinajstić information content (AvgIpc) is 2.46. The Morgan fingerprint density at radius 2 is 0.762 bits per heavy atom. The van der Waals surface area contributed by atoms with Crippen molar-refractivity contribution in [1.29, 1.82) is 0 Å². The van der Waals surface area contributed by atoms with E-state index in [2.05, 4.69) is 101 Å². The highest BCUT2D eigenvalue weighted by Crippen LogP contribution is 1.57. The fourth-order valence-corrected chi connectivity index (χ4v) is 0.599. The molecule has 0 radical (unpaired) electrons. The minimum absolute atomic E-state index is 1.00. The van der Waals surface area contributed by atoms with Gasteiger partial charge < -0.3 is 0 Å². The third kappa shape index (κ3) is 16.0. The van der Waals surface area contributed by atoms with Gasteiger partial charge in [-0.15, -0.1) is 6.42 Å². The highest BCUT2D eigenvalue weighted by Gasteiger charge is 1.74. The van der Waals surface area contributed by atoms with Crippen molar-refractivity contribution in [2.45, 2.75) is 0 Å². The molecule has 0 saturated heterocycles. The summed E-state index contributed by atoms with van der Waals surface area (Å²) >= 11 is 0. The zero-order valence-electron chi connectivity index (χ0n) is 11.6. The van der Waals surface area contributed by atoms with E-state index in [1.54, 1.807) is 0 Å². The molecule has 0 amide bonds. The van der Waals surface area contributed by atoms with E-state index in [1.807, 2.05) is 14.1 Å². The van der Waals surface area contributed by atoms with Crippen molar-refractivity contribution in [3.05, 3.63) is 0 Å².